The minimum absolute atomic E-state index is 0.481. The lowest BCUT2D eigenvalue weighted by Gasteiger charge is -2.05. The molecule has 4 heteroatoms. The Bertz CT molecular complexity index is 639. The summed E-state index contributed by atoms with van der Waals surface area (Å²) < 4.78 is 3.44. The van der Waals surface area contributed by atoms with Crippen LogP contribution in [0, 0.1) is 0 Å². The Balaban J connectivity index is 2.00. The van der Waals surface area contributed by atoms with Gasteiger partial charge in [-0.05, 0) is 22.4 Å². The van der Waals surface area contributed by atoms with E-state index < -0.39 is 0 Å². The van der Waals surface area contributed by atoms with Crippen LogP contribution in [0.1, 0.15) is 11.4 Å². The molecule has 0 aliphatic rings. The normalized spacial score (nSPS) is 11.1. The van der Waals surface area contributed by atoms with Gasteiger partial charge in [0.1, 0.15) is 5.82 Å². The SMILES string of the molecule is NCc1nccn1Cc1csc2ccccc12. The monoisotopic (exact) mass is 243 g/mol. The highest BCUT2D eigenvalue weighted by Crippen LogP contribution is 2.26. The Kier molecular flexibility index (Phi) is 2.66. The van der Waals surface area contributed by atoms with Gasteiger partial charge < -0.3 is 10.3 Å². The van der Waals surface area contributed by atoms with E-state index in [2.05, 4.69) is 39.2 Å². The van der Waals surface area contributed by atoms with Crippen LogP contribution in [0.3, 0.4) is 0 Å². The molecule has 86 valence electrons. The average molecular weight is 243 g/mol. The number of benzene rings is 1. The van der Waals surface area contributed by atoms with Crippen molar-refractivity contribution in [3.63, 3.8) is 0 Å². The van der Waals surface area contributed by atoms with Gasteiger partial charge in [-0.25, -0.2) is 4.98 Å². The van der Waals surface area contributed by atoms with Crippen LogP contribution in [0.25, 0.3) is 10.1 Å². The highest BCUT2D eigenvalue weighted by molar-refractivity contribution is 7.17. The molecule has 3 rings (SSSR count). The van der Waals surface area contributed by atoms with Gasteiger partial charge in [0.25, 0.3) is 0 Å². The van der Waals surface area contributed by atoms with Crippen LogP contribution >= 0.6 is 11.3 Å². The van der Waals surface area contributed by atoms with Gasteiger partial charge in [-0.15, -0.1) is 11.3 Å². The minimum atomic E-state index is 0.481. The van der Waals surface area contributed by atoms with Crippen LogP contribution in [0.4, 0.5) is 0 Å². The third-order valence-electron chi connectivity index (χ3n) is 2.89. The number of fused-ring (bicyclic) bond motifs is 1. The van der Waals surface area contributed by atoms with Crippen LogP contribution in [0.15, 0.2) is 42.0 Å². The highest BCUT2D eigenvalue weighted by atomic mass is 32.1. The van der Waals surface area contributed by atoms with E-state index in [-0.39, 0.29) is 0 Å². The van der Waals surface area contributed by atoms with Gasteiger partial charge >= 0.3 is 0 Å². The van der Waals surface area contributed by atoms with Crippen molar-refractivity contribution in [2.45, 2.75) is 13.1 Å². The molecular formula is C13H13N3S. The first-order valence-corrected chi connectivity index (χ1v) is 6.41. The molecule has 3 aromatic rings. The quantitative estimate of drug-likeness (QED) is 0.768. The molecule has 0 aliphatic carbocycles. The minimum Gasteiger partial charge on any atom is -0.329 e. The number of thiophene rings is 1. The number of aromatic nitrogens is 2. The lowest BCUT2D eigenvalue weighted by molar-refractivity contribution is 0.728. The standard InChI is InChI=1S/C13H13N3S/c14-7-13-15-5-6-16(13)8-10-9-17-12-4-2-1-3-11(10)12/h1-6,9H,7-8,14H2. The number of nitrogens with zero attached hydrogens (tertiary/aromatic N) is 2. The molecule has 0 bridgehead atoms. The highest BCUT2D eigenvalue weighted by Gasteiger charge is 2.06. The molecule has 3 nitrogen and oxygen atoms in total. The molecule has 0 unspecified atom stereocenters. The smallest absolute Gasteiger partial charge is 0.122 e. The maximum Gasteiger partial charge on any atom is 0.122 e. The van der Waals surface area contributed by atoms with Gasteiger partial charge in [0.2, 0.25) is 0 Å². The van der Waals surface area contributed by atoms with Crippen molar-refractivity contribution in [1.29, 1.82) is 0 Å². The number of imidazole rings is 1. The topological polar surface area (TPSA) is 43.8 Å². The molecule has 0 saturated carbocycles. The fourth-order valence-electron chi connectivity index (χ4n) is 2.01. The lowest BCUT2D eigenvalue weighted by atomic mass is 10.2. The zero-order valence-corrected chi connectivity index (χ0v) is 10.2. The summed E-state index contributed by atoms with van der Waals surface area (Å²) in [4.78, 5) is 4.24. The maximum atomic E-state index is 5.66. The Labute approximate surface area is 104 Å². The molecule has 2 aromatic heterocycles. The van der Waals surface area contributed by atoms with Crippen LogP contribution in [0.5, 0.6) is 0 Å². The first-order chi connectivity index (χ1) is 8.38. The predicted molar refractivity (Wildman–Crippen MR) is 71.0 cm³/mol. The molecule has 0 aliphatic heterocycles. The van der Waals surface area contributed by atoms with E-state index in [0.29, 0.717) is 6.54 Å². The molecule has 17 heavy (non-hydrogen) atoms. The summed E-state index contributed by atoms with van der Waals surface area (Å²) in [6.07, 6.45) is 3.78. The third-order valence-corrected chi connectivity index (χ3v) is 3.90. The van der Waals surface area contributed by atoms with E-state index in [4.69, 9.17) is 5.73 Å². The number of hydrogen-bond acceptors (Lipinski definition) is 3. The van der Waals surface area contributed by atoms with Crippen molar-refractivity contribution in [1.82, 2.24) is 9.55 Å². The maximum absolute atomic E-state index is 5.66. The Hall–Kier alpha value is -1.65. The molecule has 2 heterocycles. The third kappa shape index (κ3) is 1.85. The van der Waals surface area contributed by atoms with E-state index in [9.17, 15) is 0 Å². The summed E-state index contributed by atoms with van der Waals surface area (Å²) in [6.45, 7) is 1.33. The Morgan fingerprint density at radius 3 is 3.06 bits per heavy atom. The second-order valence-corrected chi connectivity index (χ2v) is 4.84. The molecular weight excluding hydrogens is 230 g/mol. The molecule has 0 amide bonds. The van der Waals surface area contributed by atoms with Gasteiger partial charge in [-0.2, -0.15) is 0 Å². The number of nitrogens with two attached hydrogens (primary N) is 1. The van der Waals surface area contributed by atoms with Gasteiger partial charge in [0.15, 0.2) is 0 Å². The van der Waals surface area contributed by atoms with Crippen LogP contribution < -0.4 is 5.73 Å². The van der Waals surface area contributed by atoms with Crippen LogP contribution in [-0.4, -0.2) is 9.55 Å². The van der Waals surface area contributed by atoms with Gasteiger partial charge in [0, 0.05) is 17.1 Å². The zero-order valence-electron chi connectivity index (χ0n) is 9.34. The van der Waals surface area contributed by atoms with E-state index in [1.54, 1.807) is 17.5 Å². The van der Waals surface area contributed by atoms with Crippen molar-refractivity contribution in [2.24, 2.45) is 5.73 Å². The number of rotatable bonds is 3. The molecule has 0 radical (unpaired) electrons. The van der Waals surface area contributed by atoms with Crippen LogP contribution in [-0.2, 0) is 13.1 Å². The summed E-state index contributed by atoms with van der Waals surface area (Å²) >= 11 is 1.78. The summed E-state index contributed by atoms with van der Waals surface area (Å²) in [6, 6.07) is 8.48. The molecule has 0 saturated heterocycles. The van der Waals surface area contributed by atoms with Crippen molar-refractivity contribution in [3.05, 3.63) is 53.4 Å². The second kappa shape index (κ2) is 4.31. The van der Waals surface area contributed by atoms with E-state index >= 15 is 0 Å². The van der Waals surface area contributed by atoms with Gasteiger partial charge in [-0.3, -0.25) is 0 Å². The molecule has 0 atom stereocenters. The van der Waals surface area contributed by atoms with Crippen molar-refractivity contribution in [3.8, 4) is 0 Å². The van der Waals surface area contributed by atoms with E-state index in [0.717, 1.165) is 12.4 Å². The summed E-state index contributed by atoms with van der Waals surface area (Å²) in [7, 11) is 0. The molecule has 0 fully saturated rings. The predicted octanol–water partition coefficient (Wildman–Crippen LogP) is 2.60. The fourth-order valence-corrected chi connectivity index (χ4v) is 2.97. The first kappa shape index (κ1) is 10.5. The largest absolute Gasteiger partial charge is 0.329 e. The Morgan fingerprint density at radius 2 is 2.18 bits per heavy atom. The fraction of sp³-hybridized carbons (Fsp3) is 0.154. The lowest BCUT2D eigenvalue weighted by Crippen LogP contribution is -2.08. The van der Waals surface area contributed by atoms with Gasteiger partial charge in [0.05, 0.1) is 13.1 Å². The van der Waals surface area contributed by atoms with Crippen molar-refractivity contribution >= 4 is 21.4 Å². The van der Waals surface area contributed by atoms with Gasteiger partial charge in [-0.1, -0.05) is 18.2 Å². The van der Waals surface area contributed by atoms with E-state index in [1.165, 1.54) is 15.6 Å². The van der Waals surface area contributed by atoms with Crippen molar-refractivity contribution < 1.29 is 0 Å². The second-order valence-electron chi connectivity index (χ2n) is 3.93. The zero-order chi connectivity index (χ0) is 11.7. The Morgan fingerprint density at radius 1 is 1.29 bits per heavy atom. The molecule has 1 aromatic carbocycles. The summed E-state index contributed by atoms with van der Waals surface area (Å²) in [5.74, 6) is 0.931. The van der Waals surface area contributed by atoms with E-state index in [1.807, 2.05) is 6.20 Å². The summed E-state index contributed by atoms with van der Waals surface area (Å²) in [5.41, 5.74) is 6.99. The average Bonchev–Trinajstić information content (AvgIpc) is 2.97. The number of hydrogen-bond donors (Lipinski definition) is 1. The molecule has 2 N–H and O–H groups in total. The molecule has 0 spiro atoms. The van der Waals surface area contributed by atoms with Crippen molar-refractivity contribution in [2.75, 3.05) is 0 Å². The summed E-state index contributed by atoms with van der Waals surface area (Å²) in [5, 5.41) is 3.54. The first-order valence-electron chi connectivity index (χ1n) is 5.53. The van der Waals surface area contributed by atoms with Crippen LogP contribution in [0.2, 0.25) is 0 Å².